The fourth-order valence-electron chi connectivity index (χ4n) is 1.62. The van der Waals surface area contributed by atoms with E-state index in [1.54, 1.807) is 18.2 Å². The lowest BCUT2D eigenvalue weighted by molar-refractivity contribution is 0.160. The predicted octanol–water partition coefficient (Wildman–Crippen LogP) is 3.02. The van der Waals surface area contributed by atoms with Gasteiger partial charge in [0.25, 0.3) is 0 Å². The number of halogens is 1. The van der Waals surface area contributed by atoms with Crippen LogP contribution >= 0.6 is 11.6 Å². The number of nitrogens with one attached hydrogen (secondary N) is 2. The highest BCUT2D eigenvalue weighted by Crippen LogP contribution is 2.32. The van der Waals surface area contributed by atoms with Gasteiger partial charge < -0.3 is 20.5 Å². The smallest absolute Gasteiger partial charge is 0.319 e. The number of para-hydroxylation sites is 1. The van der Waals surface area contributed by atoms with Crippen molar-refractivity contribution >= 4 is 23.3 Å². The van der Waals surface area contributed by atoms with Crippen molar-refractivity contribution in [2.75, 3.05) is 18.5 Å². The lowest BCUT2D eigenvalue weighted by Crippen LogP contribution is -2.31. The molecule has 1 aromatic carbocycles. The molecule has 2 amide bonds. The molecule has 0 saturated carbocycles. The Labute approximate surface area is 124 Å². The lowest BCUT2D eigenvalue weighted by atomic mass is 10.2. The molecule has 0 aliphatic rings. The number of rotatable bonds is 7. The number of carbonyl (C=O) groups is 1. The van der Waals surface area contributed by atoms with Crippen LogP contribution in [0.4, 0.5) is 10.5 Å². The Morgan fingerprint density at radius 1 is 1.45 bits per heavy atom. The number of aliphatic hydroxyl groups excluding tert-OH is 1. The van der Waals surface area contributed by atoms with Crippen molar-refractivity contribution in [2.24, 2.45) is 0 Å². The third kappa shape index (κ3) is 5.27. The Morgan fingerprint density at radius 3 is 2.85 bits per heavy atom. The predicted molar refractivity (Wildman–Crippen MR) is 80.6 cm³/mol. The van der Waals surface area contributed by atoms with Crippen LogP contribution in [0.25, 0.3) is 0 Å². The molecule has 0 aromatic heterocycles. The van der Waals surface area contributed by atoms with Crippen molar-refractivity contribution < 1.29 is 14.6 Å². The number of amides is 2. The number of benzene rings is 1. The molecule has 0 bridgehead atoms. The molecule has 5 nitrogen and oxygen atoms in total. The number of hydrogen-bond acceptors (Lipinski definition) is 3. The molecule has 0 radical (unpaired) electrons. The Hall–Kier alpha value is -1.46. The first-order chi connectivity index (χ1) is 9.58. The molecular formula is C14H21ClN2O3. The van der Waals surface area contributed by atoms with E-state index in [4.69, 9.17) is 16.3 Å². The van der Waals surface area contributed by atoms with Crippen molar-refractivity contribution in [3.63, 3.8) is 0 Å². The number of carbonyl (C=O) groups excluding carboxylic acids is 1. The quantitative estimate of drug-likeness (QED) is 0.725. The second kappa shape index (κ2) is 8.66. The molecule has 0 fully saturated rings. The van der Waals surface area contributed by atoms with Gasteiger partial charge in [0.05, 0.1) is 23.4 Å². The Morgan fingerprint density at radius 2 is 2.20 bits per heavy atom. The topological polar surface area (TPSA) is 70.6 Å². The van der Waals surface area contributed by atoms with Crippen LogP contribution in [0.3, 0.4) is 0 Å². The van der Waals surface area contributed by atoms with Gasteiger partial charge in [0.2, 0.25) is 0 Å². The second-order valence-electron chi connectivity index (χ2n) is 4.28. The van der Waals surface area contributed by atoms with Crippen LogP contribution in [0.2, 0.25) is 5.02 Å². The molecule has 1 unspecified atom stereocenters. The summed E-state index contributed by atoms with van der Waals surface area (Å²) in [5, 5.41) is 15.2. The maximum absolute atomic E-state index is 11.7. The van der Waals surface area contributed by atoms with Crippen molar-refractivity contribution in [1.29, 1.82) is 0 Å². The van der Waals surface area contributed by atoms with Gasteiger partial charge in [-0.3, -0.25) is 0 Å². The number of anilines is 1. The summed E-state index contributed by atoms with van der Waals surface area (Å²) in [7, 11) is 0. The van der Waals surface area contributed by atoms with Gasteiger partial charge >= 0.3 is 6.03 Å². The molecular weight excluding hydrogens is 280 g/mol. The van der Waals surface area contributed by atoms with Gasteiger partial charge in [-0.1, -0.05) is 24.6 Å². The highest BCUT2D eigenvalue weighted by molar-refractivity contribution is 6.32. The van der Waals surface area contributed by atoms with E-state index < -0.39 is 0 Å². The zero-order valence-corrected chi connectivity index (χ0v) is 12.5. The highest BCUT2D eigenvalue weighted by atomic mass is 35.5. The Kier molecular flexibility index (Phi) is 7.18. The first kappa shape index (κ1) is 16.6. The molecule has 112 valence electrons. The van der Waals surface area contributed by atoms with Crippen molar-refractivity contribution in [2.45, 2.75) is 32.8 Å². The number of hydrogen-bond donors (Lipinski definition) is 3. The van der Waals surface area contributed by atoms with Gasteiger partial charge in [-0.2, -0.15) is 0 Å². The zero-order valence-electron chi connectivity index (χ0n) is 11.8. The van der Waals surface area contributed by atoms with E-state index in [0.717, 1.165) is 0 Å². The van der Waals surface area contributed by atoms with E-state index in [-0.39, 0.29) is 12.1 Å². The monoisotopic (exact) mass is 300 g/mol. The van der Waals surface area contributed by atoms with E-state index in [1.807, 2.05) is 13.8 Å². The maximum Gasteiger partial charge on any atom is 0.319 e. The van der Waals surface area contributed by atoms with E-state index in [1.165, 1.54) is 0 Å². The molecule has 20 heavy (non-hydrogen) atoms. The van der Waals surface area contributed by atoms with Crippen molar-refractivity contribution in [3.8, 4) is 5.75 Å². The molecule has 0 saturated heterocycles. The molecule has 0 heterocycles. The molecule has 1 atom stereocenters. The summed E-state index contributed by atoms with van der Waals surface area (Å²) in [5.74, 6) is 0.459. The molecule has 0 aliphatic carbocycles. The first-order valence-corrected chi connectivity index (χ1v) is 7.10. The molecule has 0 aliphatic heterocycles. The fraction of sp³-hybridized carbons (Fsp3) is 0.500. The molecule has 1 rings (SSSR count). The number of aliphatic hydroxyl groups is 1. The largest absolute Gasteiger partial charge is 0.490 e. The minimum Gasteiger partial charge on any atom is -0.490 e. The van der Waals surface area contributed by atoms with Gasteiger partial charge in [-0.25, -0.2) is 4.79 Å². The standard InChI is InChI=1S/C14H21ClN2O3/c1-3-10(18)8-9-16-14(19)17-12-7-5-6-11(15)13(12)20-4-2/h5-7,10,18H,3-4,8-9H2,1-2H3,(H2,16,17,19). The minimum absolute atomic E-state index is 0.350. The maximum atomic E-state index is 11.7. The summed E-state index contributed by atoms with van der Waals surface area (Å²) in [6.07, 6.45) is 0.810. The van der Waals surface area contributed by atoms with E-state index in [9.17, 15) is 9.90 Å². The SMILES string of the molecule is CCOc1c(Cl)cccc1NC(=O)NCCC(O)CC. The van der Waals surface area contributed by atoms with Gasteiger partial charge in [-0.15, -0.1) is 0 Å². The van der Waals surface area contributed by atoms with Gasteiger partial charge in [0.15, 0.2) is 5.75 Å². The Bertz CT molecular complexity index is 440. The van der Waals surface area contributed by atoms with Crippen LogP contribution in [0.15, 0.2) is 18.2 Å². The Balaban J connectivity index is 2.55. The van der Waals surface area contributed by atoms with Crippen molar-refractivity contribution in [3.05, 3.63) is 23.2 Å². The van der Waals surface area contributed by atoms with Gasteiger partial charge in [-0.05, 0) is 31.9 Å². The van der Waals surface area contributed by atoms with Gasteiger partial charge in [0, 0.05) is 6.54 Å². The van der Waals surface area contributed by atoms with E-state index in [0.29, 0.717) is 42.5 Å². The van der Waals surface area contributed by atoms with E-state index >= 15 is 0 Å². The number of ether oxygens (including phenoxy) is 1. The number of urea groups is 1. The minimum atomic E-state index is -0.388. The summed E-state index contributed by atoms with van der Waals surface area (Å²) < 4.78 is 5.41. The normalized spacial score (nSPS) is 11.8. The van der Waals surface area contributed by atoms with Crippen LogP contribution < -0.4 is 15.4 Å². The summed E-state index contributed by atoms with van der Waals surface area (Å²) in [4.78, 5) is 11.7. The third-order valence-electron chi connectivity index (χ3n) is 2.74. The second-order valence-corrected chi connectivity index (χ2v) is 4.69. The first-order valence-electron chi connectivity index (χ1n) is 6.72. The van der Waals surface area contributed by atoms with Crippen LogP contribution in [0, 0.1) is 0 Å². The van der Waals surface area contributed by atoms with Crippen LogP contribution in [-0.4, -0.2) is 30.4 Å². The summed E-state index contributed by atoms with van der Waals surface area (Å²) >= 11 is 6.03. The average Bonchev–Trinajstić information content (AvgIpc) is 2.42. The summed E-state index contributed by atoms with van der Waals surface area (Å²) in [6, 6.07) is 4.81. The summed E-state index contributed by atoms with van der Waals surface area (Å²) in [5.41, 5.74) is 0.521. The molecule has 0 spiro atoms. The third-order valence-corrected chi connectivity index (χ3v) is 3.04. The van der Waals surface area contributed by atoms with Crippen molar-refractivity contribution in [1.82, 2.24) is 5.32 Å². The fourth-order valence-corrected chi connectivity index (χ4v) is 1.85. The lowest BCUT2D eigenvalue weighted by Gasteiger charge is -2.14. The van der Waals surface area contributed by atoms with E-state index in [2.05, 4.69) is 10.6 Å². The van der Waals surface area contributed by atoms with Gasteiger partial charge in [0.1, 0.15) is 0 Å². The highest BCUT2D eigenvalue weighted by Gasteiger charge is 2.11. The van der Waals surface area contributed by atoms with Crippen LogP contribution in [0.1, 0.15) is 26.7 Å². The van der Waals surface area contributed by atoms with Crippen LogP contribution in [0.5, 0.6) is 5.75 Å². The average molecular weight is 301 g/mol. The zero-order chi connectivity index (χ0) is 15.0. The molecule has 3 N–H and O–H groups in total. The molecule has 6 heteroatoms. The summed E-state index contributed by atoms with van der Waals surface area (Å²) in [6.45, 7) is 4.61. The molecule has 1 aromatic rings. The van der Waals surface area contributed by atoms with Crippen LogP contribution in [-0.2, 0) is 0 Å².